The molecule has 1 aromatic rings. The van der Waals surface area contributed by atoms with Crippen LogP contribution in [0.1, 0.15) is 31.2 Å². The minimum atomic E-state index is 0.212. The van der Waals surface area contributed by atoms with E-state index in [0.29, 0.717) is 6.42 Å². The first kappa shape index (κ1) is 12.5. The van der Waals surface area contributed by atoms with Gasteiger partial charge in [-0.3, -0.25) is 4.79 Å². The molecule has 2 aliphatic carbocycles. The zero-order valence-electron chi connectivity index (χ0n) is 11.2. The maximum absolute atomic E-state index is 12.4. The Labute approximate surface area is 114 Å². The van der Waals surface area contributed by atoms with Gasteiger partial charge in [0.05, 0.1) is 6.42 Å². The number of hydrogen-bond acceptors (Lipinski definition) is 2. The van der Waals surface area contributed by atoms with Gasteiger partial charge in [0.25, 0.3) is 0 Å². The van der Waals surface area contributed by atoms with Gasteiger partial charge >= 0.3 is 0 Å². The Morgan fingerprint density at radius 3 is 2.32 bits per heavy atom. The molecule has 0 radical (unpaired) electrons. The van der Waals surface area contributed by atoms with Gasteiger partial charge in [0.2, 0.25) is 5.91 Å². The van der Waals surface area contributed by atoms with Gasteiger partial charge in [-0.05, 0) is 55.2 Å². The summed E-state index contributed by atoms with van der Waals surface area (Å²) in [6, 6.07) is 7.03. The minimum absolute atomic E-state index is 0.212. The molecule has 1 aromatic carbocycles. The predicted octanol–water partition coefficient (Wildman–Crippen LogP) is 2.58. The fourth-order valence-corrected chi connectivity index (χ4v) is 2.46. The highest BCUT2D eigenvalue weighted by Gasteiger charge is 2.31. The number of phenols is 1. The quantitative estimate of drug-likeness (QED) is 0.853. The zero-order chi connectivity index (χ0) is 13.2. The molecule has 102 valence electrons. The third-order valence-corrected chi connectivity index (χ3v) is 3.97. The third kappa shape index (κ3) is 3.72. The molecule has 3 rings (SSSR count). The molecule has 0 heterocycles. The van der Waals surface area contributed by atoms with Gasteiger partial charge in [0, 0.05) is 13.1 Å². The van der Waals surface area contributed by atoms with Crippen molar-refractivity contribution in [3.8, 4) is 5.75 Å². The highest BCUT2D eigenvalue weighted by Crippen LogP contribution is 2.34. The zero-order valence-corrected chi connectivity index (χ0v) is 11.2. The van der Waals surface area contributed by atoms with Gasteiger partial charge in [-0.1, -0.05) is 12.1 Å². The number of rotatable bonds is 6. The lowest BCUT2D eigenvalue weighted by atomic mass is 10.1. The largest absolute Gasteiger partial charge is 0.508 e. The Morgan fingerprint density at radius 2 is 1.79 bits per heavy atom. The number of carbonyl (C=O) groups excluding carboxylic acids is 1. The van der Waals surface area contributed by atoms with E-state index < -0.39 is 0 Å². The van der Waals surface area contributed by atoms with Crippen LogP contribution in [0.25, 0.3) is 0 Å². The molecule has 0 spiro atoms. The van der Waals surface area contributed by atoms with Crippen LogP contribution in [0.15, 0.2) is 24.3 Å². The van der Waals surface area contributed by atoms with E-state index in [1.54, 1.807) is 18.2 Å². The van der Waals surface area contributed by atoms with Gasteiger partial charge in [0.1, 0.15) is 5.75 Å². The van der Waals surface area contributed by atoms with Crippen LogP contribution in [0.3, 0.4) is 0 Å². The van der Waals surface area contributed by atoms with E-state index in [1.165, 1.54) is 25.7 Å². The predicted molar refractivity (Wildman–Crippen MR) is 73.8 cm³/mol. The second-order valence-corrected chi connectivity index (χ2v) is 6.03. The first-order valence-electron chi connectivity index (χ1n) is 7.26. The topological polar surface area (TPSA) is 40.5 Å². The molecule has 2 saturated carbocycles. The molecule has 3 heteroatoms. The Balaban J connectivity index is 1.61. The Kier molecular flexibility index (Phi) is 3.45. The monoisotopic (exact) mass is 259 g/mol. The van der Waals surface area contributed by atoms with E-state index in [1.807, 2.05) is 6.07 Å². The number of amides is 1. The second kappa shape index (κ2) is 5.24. The fraction of sp³-hybridized carbons (Fsp3) is 0.562. The van der Waals surface area contributed by atoms with Crippen LogP contribution in [0, 0.1) is 11.8 Å². The van der Waals surface area contributed by atoms with Crippen molar-refractivity contribution in [2.75, 3.05) is 13.1 Å². The smallest absolute Gasteiger partial charge is 0.227 e. The van der Waals surface area contributed by atoms with Gasteiger partial charge in [-0.2, -0.15) is 0 Å². The molecule has 0 unspecified atom stereocenters. The number of aromatic hydroxyl groups is 1. The highest BCUT2D eigenvalue weighted by molar-refractivity contribution is 5.79. The van der Waals surface area contributed by atoms with E-state index in [4.69, 9.17) is 0 Å². The molecule has 2 aliphatic rings. The van der Waals surface area contributed by atoms with Crippen molar-refractivity contribution in [2.24, 2.45) is 11.8 Å². The summed E-state index contributed by atoms with van der Waals surface area (Å²) in [7, 11) is 0. The van der Waals surface area contributed by atoms with Crippen molar-refractivity contribution in [1.29, 1.82) is 0 Å². The SMILES string of the molecule is O=C(Cc1cccc(O)c1)N(CC1CC1)CC1CC1. The summed E-state index contributed by atoms with van der Waals surface area (Å²) < 4.78 is 0. The fourth-order valence-electron chi connectivity index (χ4n) is 2.46. The van der Waals surface area contributed by atoms with E-state index in [2.05, 4.69) is 4.90 Å². The molecule has 0 saturated heterocycles. The molecule has 0 atom stereocenters. The van der Waals surface area contributed by atoms with Crippen molar-refractivity contribution >= 4 is 5.91 Å². The van der Waals surface area contributed by atoms with Crippen molar-refractivity contribution in [3.63, 3.8) is 0 Å². The molecule has 2 fully saturated rings. The van der Waals surface area contributed by atoms with Crippen LogP contribution >= 0.6 is 0 Å². The Morgan fingerprint density at radius 1 is 1.16 bits per heavy atom. The first-order chi connectivity index (χ1) is 9.20. The molecule has 1 amide bonds. The molecule has 0 aromatic heterocycles. The normalized spacial score (nSPS) is 18.3. The van der Waals surface area contributed by atoms with Crippen LogP contribution in [-0.4, -0.2) is 29.0 Å². The van der Waals surface area contributed by atoms with Gasteiger partial charge in [-0.15, -0.1) is 0 Å². The van der Waals surface area contributed by atoms with Crippen LogP contribution in [0.4, 0.5) is 0 Å². The van der Waals surface area contributed by atoms with Gasteiger partial charge in [-0.25, -0.2) is 0 Å². The van der Waals surface area contributed by atoms with E-state index in [-0.39, 0.29) is 11.7 Å². The molecular weight excluding hydrogens is 238 g/mol. The maximum atomic E-state index is 12.4. The second-order valence-electron chi connectivity index (χ2n) is 6.03. The number of carbonyl (C=O) groups is 1. The summed E-state index contributed by atoms with van der Waals surface area (Å²) in [6.45, 7) is 1.88. The van der Waals surface area contributed by atoms with Crippen LogP contribution in [0.2, 0.25) is 0 Å². The van der Waals surface area contributed by atoms with Gasteiger partial charge < -0.3 is 10.0 Å². The third-order valence-electron chi connectivity index (χ3n) is 3.97. The lowest BCUT2D eigenvalue weighted by Gasteiger charge is -2.22. The summed E-state index contributed by atoms with van der Waals surface area (Å²) >= 11 is 0. The summed E-state index contributed by atoms with van der Waals surface area (Å²) in [5.74, 6) is 1.93. The lowest BCUT2D eigenvalue weighted by molar-refractivity contribution is -0.131. The number of nitrogens with zero attached hydrogens (tertiary/aromatic N) is 1. The Bertz CT molecular complexity index is 450. The minimum Gasteiger partial charge on any atom is -0.508 e. The molecule has 0 bridgehead atoms. The molecular formula is C16H21NO2. The molecule has 0 aliphatic heterocycles. The summed E-state index contributed by atoms with van der Waals surface area (Å²) in [6.07, 6.45) is 5.52. The van der Waals surface area contributed by atoms with E-state index >= 15 is 0 Å². The molecule has 3 nitrogen and oxygen atoms in total. The standard InChI is InChI=1S/C16H21NO2/c18-15-3-1-2-14(8-15)9-16(19)17(10-12-4-5-12)11-13-6-7-13/h1-3,8,12-13,18H,4-7,9-11H2. The number of hydrogen-bond donors (Lipinski definition) is 1. The molecule has 19 heavy (non-hydrogen) atoms. The number of phenolic OH excluding ortho intramolecular Hbond substituents is 1. The van der Waals surface area contributed by atoms with E-state index in [9.17, 15) is 9.90 Å². The maximum Gasteiger partial charge on any atom is 0.227 e. The van der Waals surface area contributed by atoms with Crippen LogP contribution in [0.5, 0.6) is 5.75 Å². The highest BCUT2D eigenvalue weighted by atomic mass is 16.3. The van der Waals surface area contributed by atoms with Crippen LogP contribution in [-0.2, 0) is 11.2 Å². The average molecular weight is 259 g/mol. The molecule has 1 N–H and O–H groups in total. The van der Waals surface area contributed by atoms with Crippen molar-refractivity contribution in [2.45, 2.75) is 32.1 Å². The van der Waals surface area contributed by atoms with Gasteiger partial charge in [0.15, 0.2) is 0 Å². The van der Waals surface area contributed by atoms with Crippen LogP contribution < -0.4 is 0 Å². The first-order valence-corrected chi connectivity index (χ1v) is 7.26. The van der Waals surface area contributed by atoms with E-state index in [0.717, 1.165) is 30.5 Å². The summed E-state index contributed by atoms with van der Waals surface area (Å²) in [5.41, 5.74) is 0.904. The summed E-state index contributed by atoms with van der Waals surface area (Å²) in [5, 5.41) is 9.45. The lowest BCUT2D eigenvalue weighted by Crippen LogP contribution is -2.35. The van der Waals surface area contributed by atoms with Crippen molar-refractivity contribution < 1.29 is 9.90 Å². The number of benzene rings is 1. The van der Waals surface area contributed by atoms with Crippen molar-refractivity contribution in [1.82, 2.24) is 4.90 Å². The Hall–Kier alpha value is -1.51. The summed E-state index contributed by atoms with van der Waals surface area (Å²) in [4.78, 5) is 14.4. The van der Waals surface area contributed by atoms with Crippen molar-refractivity contribution in [3.05, 3.63) is 29.8 Å². The average Bonchev–Trinajstić information content (AvgIpc) is 3.23.